The minimum Gasteiger partial charge on any atom is -0.478 e. The van der Waals surface area contributed by atoms with E-state index in [1.54, 1.807) is 12.5 Å². The van der Waals surface area contributed by atoms with E-state index < -0.39 is 5.97 Å². The molecule has 0 amide bonds. The molecule has 3 nitrogen and oxygen atoms in total. The number of aliphatic carboxylic acids is 1. The number of hydrogen-bond acceptors (Lipinski definition) is 2. The molecular formula is C30H46O3. The second-order valence-corrected chi connectivity index (χ2v) is 13.3. The van der Waals surface area contributed by atoms with Gasteiger partial charge in [0.05, 0.1) is 0 Å². The number of rotatable bonds is 5. The van der Waals surface area contributed by atoms with Crippen molar-refractivity contribution >= 4 is 11.8 Å². The molecule has 7 atom stereocenters. The Kier molecular flexibility index (Phi) is 6.07. The van der Waals surface area contributed by atoms with Gasteiger partial charge in [-0.2, -0.15) is 0 Å². The molecule has 0 radical (unpaired) electrons. The number of Topliss-reactive ketones (excluding diaryl/α,β-unsaturated/α-hetero) is 1. The number of carbonyl (C=O) groups excluding carboxylic acids is 1. The van der Waals surface area contributed by atoms with E-state index in [2.05, 4.69) is 47.6 Å². The van der Waals surface area contributed by atoms with E-state index in [1.807, 2.05) is 6.08 Å². The lowest BCUT2D eigenvalue weighted by atomic mass is 9.41. The van der Waals surface area contributed by atoms with Gasteiger partial charge in [0.2, 0.25) is 0 Å². The van der Waals surface area contributed by atoms with Crippen LogP contribution in [0.1, 0.15) is 106 Å². The third-order valence-corrected chi connectivity index (χ3v) is 11.7. The highest BCUT2D eigenvalue weighted by Gasteiger charge is 2.65. The average molecular weight is 455 g/mol. The molecule has 0 aromatic rings. The first kappa shape index (κ1) is 24.7. The van der Waals surface area contributed by atoms with Crippen LogP contribution >= 0.6 is 0 Å². The molecule has 0 spiro atoms. The van der Waals surface area contributed by atoms with Gasteiger partial charge in [-0.1, -0.05) is 59.3 Å². The highest BCUT2D eigenvalue weighted by molar-refractivity contribution is 5.86. The van der Waals surface area contributed by atoms with E-state index in [1.165, 1.54) is 25.7 Å². The largest absolute Gasteiger partial charge is 0.478 e. The Morgan fingerprint density at radius 3 is 2.48 bits per heavy atom. The molecule has 0 aromatic carbocycles. The van der Waals surface area contributed by atoms with Gasteiger partial charge in [-0.15, -0.1) is 0 Å². The van der Waals surface area contributed by atoms with Gasteiger partial charge in [-0.25, -0.2) is 4.79 Å². The SMILES string of the molecule is C/C(=C\CC[C@@H](C)[C@H]1CC[C@@]2(C)[C@H]3CC[C@@H]4C(C)(C)C(=O)CC[C@]4(C)C3=CC[C@]12C)C(=O)O. The van der Waals surface area contributed by atoms with Gasteiger partial charge in [0.1, 0.15) is 5.78 Å². The smallest absolute Gasteiger partial charge is 0.330 e. The summed E-state index contributed by atoms with van der Waals surface area (Å²) in [5.41, 5.74) is 2.77. The monoisotopic (exact) mass is 454 g/mol. The predicted molar refractivity (Wildman–Crippen MR) is 134 cm³/mol. The first-order valence-corrected chi connectivity index (χ1v) is 13.4. The summed E-state index contributed by atoms with van der Waals surface area (Å²) >= 11 is 0. The molecule has 4 aliphatic carbocycles. The molecule has 4 aliphatic rings. The molecule has 0 aliphatic heterocycles. The summed E-state index contributed by atoms with van der Waals surface area (Å²) in [6.45, 7) is 16.2. The lowest BCUT2D eigenvalue weighted by Gasteiger charge is -2.63. The number of allylic oxidation sites excluding steroid dienone is 3. The second-order valence-electron chi connectivity index (χ2n) is 13.3. The van der Waals surface area contributed by atoms with Crippen LogP contribution in [-0.2, 0) is 9.59 Å². The number of carboxylic acids is 1. The van der Waals surface area contributed by atoms with E-state index in [0.29, 0.717) is 45.9 Å². The van der Waals surface area contributed by atoms with Crippen LogP contribution in [0.15, 0.2) is 23.3 Å². The third kappa shape index (κ3) is 3.50. The summed E-state index contributed by atoms with van der Waals surface area (Å²) in [7, 11) is 0. The maximum absolute atomic E-state index is 12.8. The fourth-order valence-electron chi connectivity index (χ4n) is 9.33. The molecular weight excluding hydrogens is 408 g/mol. The first-order valence-electron chi connectivity index (χ1n) is 13.4. The maximum Gasteiger partial charge on any atom is 0.330 e. The molecule has 33 heavy (non-hydrogen) atoms. The fourth-order valence-corrected chi connectivity index (χ4v) is 9.33. The van der Waals surface area contributed by atoms with Crippen molar-refractivity contribution < 1.29 is 14.7 Å². The summed E-state index contributed by atoms with van der Waals surface area (Å²) in [6, 6.07) is 0. The van der Waals surface area contributed by atoms with Crippen LogP contribution in [-0.4, -0.2) is 16.9 Å². The van der Waals surface area contributed by atoms with Gasteiger partial charge in [-0.05, 0) is 98.2 Å². The van der Waals surface area contributed by atoms with Crippen LogP contribution in [0.25, 0.3) is 0 Å². The standard InChI is InChI=1S/C30H46O3/c1-19(9-8-10-20(2)26(32)33)21-13-17-30(7)23-11-12-24-27(3,4)25(31)15-16-28(24,5)22(23)14-18-29(21,30)6/h10,14,19,21,23-24H,8-9,11-13,15-18H2,1-7H3,(H,32,33)/b20-10+/t19-,21-,23+,24-,28-,29-,30+/m1/s1. The lowest BCUT2D eigenvalue weighted by molar-refractivity contribution is -0.142. The topological polar surface area (TPSA) is 54.4 Å². The van der Waals surface area contributed by atoms with Crippen LogP contribution in [0.4, 0.5) is 0 Å². The van der Waals surface area contributed by atoms with Gasteiger partial charge in [0, 0.05) is 17.4 Å². The molecule has 0 heterocycles. The fraction of sp³-hybridized carbons (Fsp3) is 0.800. The summed E-state index contributed by atoms with van der Waals surface area (Å²) in [5, 5.41) is 9.15. The molecule has 0 bridgehead atoms. The molecule has 3 heteroatoms. The normalized spacial score (nSPS) is 43.2. The van der Waals surface area contributed by atoms with Crippen LogP contribution in [0.5, 0.6) is 0 Å². The number of ketones is 1. The maximum atomic E-state index is 12.8. The molecule has 0 saturated heterocycles. The number of carbonyl (C=O) groups is 2. The van der Waals surface area contributed by atoms with Gasteiger partial charge in [0.15, 0.2) is 0 Å². The van der Waals surface area contributed by atoms with Gasteiger partial charge >= 0.3 is 5.97 Å². The third-order valence-electron chi connectivity index (χ3n) is 11.7. The minimum atomic E-state index is -0.801. The molecule has 0 aromatic heterocycles. The number of carboxylic acid groups (broad SMARTS) is 1. The highest BCUT2D eigenvalue weighted by Crippen LogP contribution is 2.72. The van der Waals surface area contributed by atoms with Gasteiger partial charge in [-0.3, -0.25) is 4.79 Å². The Labute approximate surface area is 201 Å². The molecule has 4 rings (SSSR count). The molecule has 184 valence electrons. The van der Waals surface area contributed by atoms with Crippen LogP contribution < -0.4 is 0 Å². The van der Waals surface area contributed by atoms with Crippen molar-refractivity contribution in [1.29, 1.82) is 0 Å². The van der Waals surface area contributed by atoms with Crippen molar-refractivity contribution in [2.45, 2.75) is 106 Å². The van der Waals surface area contributed by atoms with Gasteiger partial charge in [0.25, 0.3) is 0 Å². The lowest BCUT2D eigenvalue weighted by Crippen LogP contribution is -2.56. The zero-order valence-electron chi connectivity index (χ0n) is 22.1. The zero-order valence-corrected chi connectivity index (χ0v) is 22.1. The van der Waals surface area contributed by atoms with Crippen molar-refractivity contribution in [1.82, 2.24) is 0 Å². The second kappa shape index (κ2) is 8.09. The van der Waals surface area contributed by atoms with Crippen molar-refractivity contribution in [2.24, 2.45) is 45.3 Å². The average Bonchev–Trinajstić information content (AvgIpc) is 3.02. The number of hydrogen-bond donors (Lipinski definition) is 1. The Morgan fingerprint density at radius 2 is 1.82 bits per heavy atom. The van der Waals surface area contributed by atoms with Gasteiger partial charge < -0.3 is 5.11 Å². The Hall–Kier alpha value is -1.38. The van der Waals surface area contributed by atoms with E-state index in [9.17, 15) is 9.59 Å². The van der Waals surface area contributed by atoms with Crippen LogP contribution in [0.2, 0.25) is 0 Å². The molecule has 1 N–H and O–H groups in total. The van der Waals surface area contributed by atoms with Crippen molar-refractivity contribution in [2.75, 3.05) is 0 Å². The van der Waals surface area contributed by atoms with Crippen LogP contribution in [0, 0.1) is 45.3 Å². The zero-order chi connectivity index (χ0) is 24.4. The summed E-state index contributed by atoms with van der Waals surface area (Å²) < 4.78 is 0. The van der Waals surface area contributed by atoms with Crippen LogP contribution in [0.3, 0.4) is 0 Å². The van der Waals surface area contributed by atoms with Crippen molar-refractivity contribution in [3.8, 4) is 0 Å². The van der Waals surface area contributed by atoms with E-state index in [-0.39, 0.29) is 10.8 Å². The molecule has 3 fully saturated rings. The minimum absolute atomic E-state index is 0.174. The molecule has 0 unspecified atom stereocenters. The Morgan fingerprint density at radius 1 is 1.12 bits per heavy atom. The van der Waals surface area contributed by atoms with E-state index in [4.69, 9.17) is 5.11 Å². The Balaban J connectivity index is 1.59. The molecule has 3 saturated carbocycles. The summed E-state index contributed by atoms with van der Waals surface area (Å²) in [6.07, 6.45) is 14.4. The number of fused-ring (bicyclic) bond motifs is 5. The quantitative estimate of drug-likeness (QED) is 0.343. The summed E-state index contributed by atoms with van der Waals surface area (Å²) in [5.74, 6) is 2.08. The van der Waals surface area contributed by atoms with E-state index >= 15 is 0 Å². The Bertz CT molecular complexity index is 894. The highest BCUT2D eigenvalue weighted by atomic mass is 16.4. The predicted octanol–water partition coefficient (Wildman–Crippen LogP) is 7.61. The first-order chi connectivity index (χ1) is 15.3. The van der Waals surface area contributed by atoms with E-state index in [0.717, 1.165) is 32.1 Å². The van der Waals surface area contributed by atoms with Crippen molar-refractivity contribution in [3.63, 3.8) is 0 Å². The van der Waals surface area contributed by atoms with Crippen molar-refractivity contribution in [3.05, 3.63) is 23.3 Å². The summed E-state index contributed by atoms with van der Waals surface area (Å²) in [4.78, 5) is 23.9.